The van der Waals surface area contributed by atoms with Gasteiger partial charge in [0, 0.05) is 5.75 Å². The molecule has 0 aliphatic carbocycles. The molecule has 2 rings (SSSR count). The standard InChI is InChI=1S/C11H14O3S2/c12-10(7-15)8-3-4-11-9(6-8)2-1-5-16(11,13)14/h3-4,6,10,12,15H,1-2,5,7H2. The lowest BCUT2D eigenvalue weighted by molar-refractivity contribution is 0.204. The third kappa shape index (κ3) is 2.12. The Morgan fingerprint density at radius 1 is 1.44 bits per heavy atom. The van der Waals surface area contributed by atoms with Crippen molar-refractivity contribution in [3.8, 4) is 0 Å². The van der Waals surface area contributed by atoms with Gasteiger partial charge in [-0.25, -0.2) is 8.42 Å². The molecule has 5 heteroatoms. The highest BCUT2D eigenvalue weighted by atomic mass is 32.2. The molecule has 16 heavy (non-hydrogen) atoms. The third-order valence-electron chi connectivity index (χ3n) is 2.84. The topological polar surface area (TPSA) is 54.4 Å². The quantitative estimate of drug-likeness (QED) is 0.788. The summed E-state index contributed by atoms with van der Waals surface area (Å²) in [5.74, 6) is 0.569. The van der Waals surface area contributed by atoms with Gasteiger partial charge < -0.3 is 5.11 Å². The summed E-state index contributed by atoms with van der Waals surface area (Å²) in [6.07, 6.45) is 0.801. The van der Waals surface area contributed by atoms with Crippen molar-refractivity contribution in [2.45, 2.75) is 23.8 Å². The van der Waals surface area contributed by atoms with Crippen LogP contribution in [0.15, 0.2) is 23.1 Å². The minimum atomic E-state index is -3.09. The van der Waals surface area contributed by atoms with E-state index < -0.39 is 15.9 Å². The fourth-order valence-corrected chi connectivity index (χ4v) is 3.76. The second-order valence-electron chi connectivity index (χ2n) is 3.99. The zero-order valence-corrected chi connectivity index (χ0v) is 10.5. The summed E-state index contributed by atoms with van der Waals surface area (Å²) in [5.41, 5.74) is 1.57. The number of hydrogen-bond acceptors (Lipinski definition) is 4. The van der Waals surface area contributed by atoms with Crippen LogP contribution in [0.3, 0.4) is 0 Å². The van der Waals surface area contributed by atoms with Gasteiger partial charge in [-0.15, -0.1) is 0 Å². The smallest absolute Gasteiger partial charge is 0.178 e. The van der Waals surface area contributed by atoms with E-state index in [4.69, 9.17) is 0 Å². The maximum absolute atomic E-state index is 11.7. The summed E-state index contributed by atoms with van der Waals surface area (Å²) in [6, 6.07) is 5.06. The van der Waals surface area contributed by atoms with Crippen molar-refractivity contribution >= 4 is 22.5 Å². The number of fused-ring (bicyclic) bond motifs is 1. The summed E-state index contributed by atoms with van der Waals surface area (Å²) in [6.45, 7) is 0. The van der Waals surface area contributed by atoms with Crippen molar-refractivity contribution in [1.82, 2.24) is 0 Å². The van der Waals surface area contributed by atoms with Crippen LogP contribution >= 0.6 is 12.6 Å². The van der Waals surface area contributed by atoms with Gasteiger partial charge in [0.25, 0.3) is 0 Å². The molecule has 0 aromatic heterocycles. The van der Waals surface area contributed by atoms with Crippen LogP contribution in [0.4, 0.5) is 0 Å². The molecule has 88 valence electrons. The van der Waals surface area contributed by atoms with Crippen molar-refractivity contribution in [1.29, 1.82) is 0 Å². The molecule has 1 aromatic carbocycles. The molecule has 1 N–H and O–H groups in total. The Labute approximate surface area is 101 Å². The van der Waals surface area contributed by atoms with Crippen molar-refractivity contribution < 1.29 is 13.5 Å². The summed E-state index contributed by atoms with van der Waals surface area (Å²) in [7, 11) is -3.09. The highest BCUT2D eigenvalue weighted by Gasteiger charge is 2.23. The van der Waals surface area contributed by atoms with Crippen LogP contribution in [0.5, 0.6) is 0 Å². The number of rotatable bonds is 2. The van der Waals surface area contributed by atoms with Crippen LogP contribution in [0.2, 0.25) is 0 Å². The molecule has 1 aliphatic rings. The molecule has 0 fully saturated rings. The first-order valence-electron chi connectivity index (χ1n) is 5.19. The average molecular weight is 258 g/mol. The number of aliphatic hydroxyl groups is 1. The van der Waals surface area contributed by atoms with Crippen LogP contribution < -0.4 is 0 Å². The van der Waals surface area contributed by atoms with E-state index in [1.165, 1.54) is 0 Å². The molecular formula is C11H14O3S2. The predicted octanol–water partition coefficient (Wildman–Crippen LogP) is 1.37. The first kappa shape index (κ1) is 12.0. The molecule has 0 saturated heterocycles. The summed E-state index contributed by atoms with van der Waals surface area (Å²) in [5, 5.41) is 9.64. The Morgan fingerprint density at radius 3 is 2.88 bits per heavy atom. The van der Waals surface area contributed by atoms with Gasteiger partial charge in [-0.2, -0.15) is 12.6 Å². The molecule has 0 bridgehead atoms. The molecule has 0 amide bonds. The first-order chi connectivity index (χ1) is 7.54. The fraction of sp³-hybridized carbons (Fsp3) is 0.455. The van der Waals surface area contributed by atoms with Crippen LogP contribution in [0.25, 0.3) is 0 Å². The number of benzene rings is 1. The monoisotopic (exact) mass is 258 g/mol. The Hall–Kier alpha value is -0.520. The van der Waals surface area contributed by atoms with E-state index >= 15 is 0 Å². The van der Waals surface area contributed by atoms with Gasteiger partial charge in [0.2, 0.25) is 0 Å². The number of sulfone groups is 1. The van der Waals surface area contributed by atoms with Crippen molar-refractivity contribution in [3.05, 3.63) is 29.3 Å². The molecule has 3 nitrogen and oxygen atoms in total. The lowest BCUT2D eigenvalue weighted by atomic mass is 10.0. The minimum absolute atomic E-state index is 0.231. The van der Waals surface area contributed by atoms with Crippen molar-refractivity contribution in [3.63, 3.8) is 0 Å². The Morgan fingerprint density at radius 2 is 2.19 bits per heavy atom. The molecule has 1 aromatic rings. The first-order valence-corrected chi connectivity index (χ1v) is 7.47. The number of thiol groups is 1. The molecule has 1 atom stereocenters. The lowest BCUT2D eigenvalue weighted by Crippen LogP contribution is -2.16. The molecular weight excluding hydrogens is 244 g/mol. The van der Waals surface area contributed by atoms with Gasteiger partial charge in [0.1, 0.15) is 0 Å². The van der Waals surface area contributed by atoms with E-state index in [1.54, 1.807) is 18.2 Å². The van der Waals surface area contributed by atoms with Crippen LogP contribution in [-0.4, -0.2) is 25.0 Å². The Balaban J connectivity index is 2.48. The van der Waals surface area contributed by atoms with Crippen LogP contribution in [-0.2, 0) is 16.3 Å². The predicted molar refractivity (Wildman–Crippen MR) is 65.6 cm³/mol. The summed E-state index contributed by atoms with van der Waals surface area (Å²) < 4.78 is 23.5. The van der Waals surface area contributed by atoms with Crippen LogP contribution in [0, 0.1) is 0 Å². The van der Waals surface area contributed by atoms with Gasteiger partial charge >= 0.3 is 0 Å². The van der Waals surface area contributed by atoms with E-state index in [2.05, 4.69) is 12.6 Å². The summed E-state index contributed by atoms with van der Waals surface area (Å²) in [4.78, 5) is 0.425. The van der Waals surface area contributed by atoms with E-state index in [9.17, 15) is 13.5 Å². The largest absolute Gasteiger partial charge is 0.388 e. The number of aliphatic hydroxyl groups excluding tert-OH is 1. The van der Waals surface area contributed by atoms with Crippen molar-refractivity contribution in [2.24, 2.45) is 0 Å². The zero-order chi connectivity index (χ0) is 11.8. The molecule has 0 radical (unpaired) electrons. The minimum Gasteiger partial charge on any atom is -0.388 e. The molecule has 1 aliphatic heterocycles. The average Bonchev–Trinajstić information content (AvgIpc) is 2.27. The lowest BCUT2D eigenvalue weighted by Gasteiger charge is -2.18. The van der Waals surface area contributed by atoms with Crippen molar-refractivity contribution in [2.75, 3.05) is 11.5 Å². The van der Waals surface area contributed by atoms with E-state index in [-0.39, 0.29) is 5.75 Å². The highest BCUT2D eigenvalue weighted by Crippen LogP contribution is 2.27. The molecule has 0 spiro atoms. The van der Waals surface area contributed by atoms with Gasteiger partial charge in [-0.3, -0.25) is 0 Å². The van der Waals surface area contributed by atoms with E-state index in [1.807, 2.05) is 0 Å². The number of aryl methyl sites for hydroxylation is 1. The molecule has 1 unspecified atom stereocenters. The maximum Gasteiger partial charge on any atom is 0.178 e. The van der Waals surface area contributed by atoms with E-state index in [0.29, 0.717) is 17.1 Å². The Kier molecular flexibility index (Phi) is 3.28. The molecule has 1 heterocycles. The van der Waals surface area contributed by atoms with Gasteiger partial charge in [-0.05, 0) is 30.0 Å². The van der Waals surface area contributed by atoms with Gasteiger partial charge in [-0.1, -0.05) is 12.1 Å². The maximum atomic E-state index is 11.7. The van der Waals surface area contributed by atoms with E-state index in [0.717, 1.165) is 17.5 Å². The SMILES string of the molecule is O=S1(=O)CCCc2cc(C(O)CS)ccc21. The highest BCUT2D eigenvalue weighted by molar-refractivity contribution is 7.91. The Bertz CT molecular complexity index is 494. The second kappa shape index (κ2) is 4.39. The van der Waals surface area contributed by atoms with Crippen LogP contribution in [0.1, 0.15) is 23.7 Å². The summed E-state index contributed by atoms with van der Waals surface area (Å²) >= 11 is 4.02. The second-order valence-corrected chi connectivity index (χ2v) is 6.43. The third-order valence-corrected chi connectivity index (χ3v) is 5.08. The normalized spacial score (nSPS) is 20.1. The number of hydrogen-bond donors (Lipinski definition) is 2. The van der Waals surface area contributed by atoms with Gasteiger partial charge in [0.15, 0.2) is 9.84 Å². The zero-order valence-electron chi connectivity index (χ0n) is 8.76. The van der Waals surface area contributed by atoms with Gasteiger partial charge in [0.05, 0.1) is 16.8 Å². The fourth-order valence-electron chi connectivity index (χ4n) is 1.97. The molecule has 0 saturated carbocycles.